The van der Waals surface area contributed by atoms with Gasteiger partial charge < -0.3 is 24.7 Å². The SMILES string of the molecule is Cc1nn(CC(F)(F)COC(=O)CCC(=O)[O-])c(-c2ccc(F)cc2)c1-c1ccc2c(c1)NC(=O)CO2.[Na+]. The minimum Gasteiger partial charge on any atom is -0.550 e. The maximum atomic E-state index is 14.8. The summed E-state index contributed by atoms with van der Waals surface area (Å²) in [5.41, 5.74) is 2.45. The Bertz CT molecular complexity index is 1360. The van der Waals surface area contributed by atoms with Gasteiger partial charge in [0.2, 0.25) is 0 Å². The number of hydrogen-bond acceptors (Lipinski definition) is 7. The summed E-state index contributed by atoms with van der Waals surface area (Å²) in [5, 5.41) is 17.4. The number of aliphatic carboxylic acids is 1. The number of aromatic nitrogens is 2. The maximum absolute atomic E-state index is 14.8. The van der Waals surface area contributed by atoms with Crippen LogP contribution in [0.4, 0.5) is 18.9 Å². The molecule has 3 aromatic rings. The minimum absolute atomic E-state index is 0. The Kier molecular flexibility index (Phi) is 9.23. The number of amides is 1. The quantitative estimate of drug-likeness (QED) is 0.293. The Balaban J connectivity index is 0.00000400. The van der Waals surface area contributed by atoms with Gasteiger partial charge in [-0.3, -0.25) is 14.3 Å². The fourth-order valence-electron chi connectivity index (χ4n) is 3.91. The largest absolute Gasteiger partial charge is 1.00 e. The van der Waals surface area contributed by atoms with E-state index >= 15 is 0 Å². The van der Waals surface area contributed by atoms with Crippen LogP contribution in [0.5, 0.6) is 5.75 Å². The van der Waals surface area contributed by atoms with Gasteiger partial charge in [-0.25, -0.2) is 13.2 Å². The van der Waals surface area contributed by atoms with Gasteiger partial charge in [0.25, 0.3) is 5.91 Å². The van der Waals surface area contributed by atoms with Gasteiger partial charge in [0.15, 0.2) is 13.2 Å². The number of nitrogens with one attached hydrogen (secondary N) is 1. The molecule has 0 aliphatic carbocycles. The number of fused-ring (bicyclic) bond motifs is 1. The molecule has 2 aromatic carbocycles. The van der Waals surface area contributed by atoms with Crippen LogP contribution in [-0.4, -0.2) is 46.8 Å². The van der Waals surface area contributed by atoms with E-state index < -0.39 is 49.7 Å². The van der Waals surface area contributed by atoms with Gasteiger partial charge in [0, 0.05) is 17.1 Å². The molecule has 9 nitrogen and oxygen atoms in total. The second kappa shape index (κ2) is 12.0. The number of anilines is 1. The van der Waals surface area contributed by atoms with E-state index in [-0.39, 0.29) is 47.8 Å². The predicted octanol–water partition coefficient (Wildman–Crippen LogP) is -0.292. The number of aryl methyl sites for hydroxylation is 1. The zero-order valence-corrected chi connectivity index (χ0v) is 22.6. The van der Waals surface area contributed by atoms with Crippen LogP contribution in [0.2, 0.25) is 0 Å². The maximum Gasteiger partial charge on any atom is 1.00 e. The van der Waals surface area contributed by atoms with Crippen molar-refractivity contribution in [1.29, 1.82) is 0 Å². The average Bonchev–Trinajstić information content (AvgIpc) is 3.16. The number of nitrogens with zero attached hydrogens (tertiary/aromatic N) is 2. The number of carboxylic acid groups (broad SMARTS) is 1. The molecule has 0 saturated carbocycles. The van der Waals surface area contributed by atoms with Crippen molar-refractivity contribution in [3.8, 4) is 28.1 Å². The van der Waals surface area contributed by atoms with Crippen molar-refractivity contribution >= 4 is 23.5 Å². The summed E-state index contributed by atoms with van der Waals surface area (Å²) in [7, 11) is 0. The number of carbonyl (C=O) groups excluding carboxylic acids is 3. The summed E-state index contributed by atoms with van der Waals surface area (Å²) in [6, 6.07) is 10.2. The molecule has 0 bridgehead atoms. The van der Waals surface area contributed by atoms with Gasteiger partial charge in [0.05, 0.1) is 23.5 Å². The van der Waals surface area contributed by atoms with Crippen molar-refractivity contribution in [3.05, 3.63) is 54.0 Å². The van der Waals surface area contributed by atoms with Crippen molar-refractivity contribution in [2.24, 2.45) is 0 Å². The molecule has 194 valence electrons. The molecule has 1 aliphatic rings. The molecule has 0 spiro atoms. The van der Waals surface area contributed by atoms with Crippen LogP contribution < -0.4 is 44.7 Å². The Morgan fingerprint density at radius 3 is 2.53 bits per heavy atom. The Hall–Kier alpha value is -3.35. The van der Waals surface area contributed by atoms with E-state index in [0.717, 1.165) is 4.68 Å². The van der Waals surface area contributed by atoms with E-state index in [2.05, 4.69) is 15.2 Å². The van der Waals surface area contributed by atoms with Gasteiger partial charge in [-0.2, -0.15) is 5.10 Å². The zero-order chi connectivity index (χ0) is 26.7. The van der Waals surface area contributed by atoms with Crippen LogP contribution in [0.1, 0.15) is 18.5 Å². The molecular weight excluding hydrogens is 518 g/mol. The molecule has 0 radical (unpaired) electrons. The van der Waals surface area contributed by atoms with Crippen molar-refractivity contribution in [3.63, 3.8) is 0 Å². The third-order valence-corrected chi connectivity index (χ3v) is 5.50. The second-order valence-electron chi connectivity index (χ2n) is 8.41. The van der Waals surface area contributed by atoms with Gasteiger partial charge in [-0.15, -0.1) is 0 Å². The normalized spacial score (nSPS) is 12.6. The van der Waals surface area contributed by atoms with Crippen molar-refractivity contribution in [1.82, 2.24) is 9.78 Å². The van der Waals surface area contributed by atoms with E-state index in [4.69, 9.17) is 4.74 Å². The first kappa shape index (κ1) is 29.2. The number of alkyl halides is 2. The third kappa shape index (κ3) is 6.94. The van der Waals surface area contributed by atoms with Gasteiger partial charge in [0.1, 0.15) is 18.1 Å². The smallest absolute Gasteiger partial charge is 0.550 e. The molecule has 4 rings (SSSR count). The summed E-state index contributed by atoms with van der Waals surface area (Å²) in [4.78, 5) is 33.8. The minimum atomic E-state index is -3.57. The summed E-state index contributed by atoms with van der Waals surface area (Å²) in [6.45, 7) is -0.792. The first-order valence-electron chi connectivity index (χ1n) is 11.2. The first-order chi connectivity index (χ1) is 17.5. The number of carbonyl (C=O) groups is 3. The summed E-state index contributed by atoms with van der Waals surface area (Å²) in [5.74, 6) is -6.58. The molecule has 0 saturated heterocycles. The average molecular weight is 539 g/mol. The number of esters is 1. The third-order valence-electron chi connectivity index (χ3n) is 5.50. The van der Waals surface area contributed by atoms with Crippen LogP contribution in [-0.2, 0) is 25.7 Å². The number of benzene rings is 2. The Morgan fingerprint density at radius 2 is 1.84 bits per heavy atom. The molecule has 13 heteroatoms. The van der Waals surface area contributed by atoms with Crippen LogP contribution in [0.15, 0.2) is 42.5 Å². The number of carboxylic acids is 1. The summed E-state index contributed by atoms with van der Waals surface area (Å²) in [6.07, 6.45) is -1.24. The van der Waals surface area contributed by atoms with Crippen molar-refractivity contribution in [2.45, 2.75) is 32.2 Å². The molecule has 2 heterocycles. The Morgan fingerprint density at radius 1 is 1.16 bits per heavy atom. The van der Waals surface area contributed by atoms with Crippen LogP contribution in [0, 0.1) is 12.7 Å². The molecule has 1 N–H and O–H groups in total. The summed E-state index contributed by atoms with van der Waals surface area (Å²) < 4.78 is 54.3. The number of ether oxygens (including phenoxy) is 2. The number of halogens is 3. The Labute approximate surface area is 237 Å². The van der Waals surface area contributed by atoms with E-state index in [9.17, 15) is 32.7 Å². The van der Waals surface area contributed by atoms with E-state index in [0.29, 0.717) is 33.8 Å². The van der Waals surface area contributed by atoms with Crippen molar-refractivity contribution in [2.75, 3.05) is 18.5 Å². The predicted molar refractivity (Wildman–Crippen MR) is 122 cm³/mol. The van der Waals surface area contributed by atoms with Gasteiger partial charge in [-0.1, -0.05) is 6.07 Å². The summed E-state index contributed by atoms with van der Waals surface area (Å²) >= 11 is 0. The van der Waals surface area contributed by atoms with Crippen LogP contribution in [0.25, 0.3) is 22.4 Å². The fraction of sp³-hybridized carbons (Fsp3) is 0.280. The standard InChI is InChI=1S/C25H22F3N3O6.Na/c1-14-23(16-4-7-19-18(10-16)29-20(32)11-36-19)24(15-2-5-17(26)6-3-15)31(30-14)12-25(27,28)13-37-22(35)9-8-21(33)34;/h2-7,10H,8-9,11-13H2,1H3,(H,29,32)(H,33,34);/q;+1/p-1. The molecule has 1 amide bonds. The molecule has 0 unspecified atom stereocenters. The van der Waals surface area contributed by atoms with Gasteiger partial charge >= 0.3 is 41.4 Å². The van der Waals surface area contributed by atoms with E-state index in [1.54, 1.807) is 25.1 Å². The molecular formula is C25H21F3N3NaO6. The molecule has 1 aliphatic heterocycles. The molecule has 0 fully saturated rings. The van der Waals surface area contributed by atoms with Gasteiger partial charge in [-0.05, 0) is 55.3 Å². The fourth-order valence-corrected chi connectivity index (χ4v) is 3.91. The van der Waals surface area contributed by atoms with E-state index in [1.807, 2.05) is 0 Å². The molecule has 38 heavy (non-hydrogen) atoms. The van der Waals surface area contributed by atoms with Crippen LogP contribution in [0.3, 0.4) is 0 Å². The topological polar surface area (TPSA) is 123 Å². The first-order valence-corrected chi connectivity index (χ1v) is 11.2. The van der Waals surface area contributed by atoms with E-state index in [1.165, 1.54) is 24.3 Å². The number of hydrogen-bond donors (Lipinski definition) is 1. The second-order valence-corrected chi connectivity index (χ2v) is 8.41. The van der Waals surface area contributed by atoms with Crippen molar-refractivity contribution < 1.29 is 71.7 Å². The number of rotatable bonds is 9. The zero-order valence-electron chi connectivity index (χ0n) is 20.6. The van der Waals surface area contributed by atoms with Crippen LogP contribution >= 0.6 is 0 Å². The molecule has 0 atom stereocenters. The monoisotopic (exact) mass is 539 g/mol. The molecule has 1 aromatic heterocycles.